The van der Waals surface area contributed by atoms with Crippen LogP contribution in [0.15, 0.2) is 18.2 Å². The fourth-order valence-electron chi connectivity index (χ4n) is 2.23. The van der Waals surface area contributed by atoms with Gasteiger partial charge in [-0.1, -0.05) is 0 Å². The molecule has 2 rings (SSSR count). The number of carbonyl (C=O) groups excluding carboxylic acids is 1. The van der Waals surface area contributed by atoms with Gasteiger partial charge in [-0.15, -0.1) is 0 Å². The third-order valence-corrected chi connectivity index (χ3v) is 3.37. The number of aryl methyl sites for hydroxylation is 1. The van der Waals surface area contributed by atoms with E-state index >= 15 is 0 Å². The number of hydrogen-bond donors (Lipinski definition) is 2. The largest absolute Gasteiger partial charge is 0.375 e. The quantitative estimate of drug-likeness (QED) is 0.779. The van der Waals surface area contributed by atoms with E-state index in [1.54, 1.807) is 0 Å². The molecule has 0 spiro atoms. The van der Waals surface area contributed by atoms with Crippen molar-refractivity contribution in [2.45, 2.75) is 25.7 Å². The highest BCUT2D eigenvalue weighted by Crippen LogP contribution is 2.27. The highest BCUT2D eigenvalue weighted by atomic mass is 16.1. The SMILES string of the molecule is CN(CCCCN)c1ccc2c(c1)CCC(=O)N2. The lowest BCUT2D eigenvalue weighted by Crippen LogP contribution is -2.22. The van der Waals surface area contributed by atoms with Gasteiger partial charge < -0.3 is 16.0 Å². The van der Waals surface area contributed by atoms with Crippen LogP contribution in [-0.2, 0) is 11.2 Å². The maximum Gasteiger partial charge on any atom is 0.224 e. The number of nitrogens with one attached hydrogen (secondary N) is 1. The minimum absolute atomic E-state index is 0.117. The molecule has 98 valence electrons. The van der Waals surface area contributed by atoms with Gasteiger partial charge in [0.05, 0.1) is 0 Å². The molecule has 0 aromatic heterocycles. The van der Waals surface area contributed by atoms with Crippen molar-refractivity contribution >= 4 is 17.3 Å². The molecule has 0 atom stereocenters. The van der Waals surface area contributed by atoms with E-state index in [0.29, 0.717) is 6.42 Å². The highest BCUT2D eigenvalue weighted by Gasteiger charge is 2.15. The number of nitrogens with two attached hydrogens (primary N) is 1. The van der Waals surface area contributed by atoms with Crippen molar-refractivity contribution in [1.29, 1.82) is 0 Å². The Morgan fingerprint density at radius 3 is 2.94 bits per heavy atom. The molecule has 0 saturated carbocycles. The number of amides is 1. The minimum Gasteiger partial charge on any atom is -0.375 e. The van der Waals surface area contributed by atoms with E-state index in [4.69, 9.17) is 5.73 Å². The molecule has 0 bridgehead atoms. The molecule has 0 aliphatic carbocycles. The first-order valence-corrected chi connectivity index (χ1v) is 6.54. The molecule has 0 saturated heterocycles. The van der Waals surface area contributed by atoms with Crippen LogP contribution in [0.25, 0.3) is 0 Å². The lowest BCUT2D eigenvalue weighted by molar-refractivity contribution is -0.116. The second-order valence-electron chi connectivity index (χ2n) is 4.81. The zero-order valence-electron chi connectivity index (χ0n) is 10.9. The molecule has 0 radical (unpaired) electrons. The van der Waals surface area contributed by atoms with Crippen molar-refractivity contribution in [1.82, 2.24) is 0 Å². The van der Waals surface area contributed by atoms with Crippen molar-refractivity contribution in [2.75, 3.05) is 30.4 Å². The van der Waals surface area contributed by atoms with E-state index < -0.39 is 0 Å². The molecule has 1 heterocycles. The van der Waals surface area contributed by atoms with Crippen LogP contribution in [0.1, 0.15) is 24.8 Å². The maximum atomic E-state index is 11.3. The van der Waals surface area contributed by atoms with Crippen LogP contribution in [0, 0.1) is 0 Å². The van der Waals surface area contributed by atoms with E-state index in [9.17, 15) is 4.79 Å². The monoisotopic (exact) mass is 247 g/mol. The molecule has 18 heavy (non-hydrogen) atoms. The first-order chi connectivity index (χ1) is 8.70. The number of fused-ring (bicyclic) bond motifs is 1. The predicted molar refractivity (Wildman–Crippen MR) is 75.0 cm³/mol. The van der Waals surface area contributed by atoms with Gasteiger partial charge in [0.15, 0.2) is 0 Å². The van der Waals surface area contributed by atoms with E-state index in [-0.39, 0.29) is 5.91 Å². The Bertz CT molecular complexity index is 431. The fraction of sp³-hybridized carbons (Fsp3) is 0.500. The summed E-state index contributed by atoms with van der Waals surface area (Å²) >= 11 is 0. The van der Waals surface area contributed by atoms with E-state index in [1.165, 1.54) is 11.3 Å². The Hall–Kier alpha value is -1.55. The zero-order chi connectivity index (χ0) is 13.0. The standard InChI is InChI=1S/C14H21N3O/c1-17(9-3-2-8-15)12-5-6-13-11(10-12)4-7-14(18)16-13/h5-6,10H,2-4,7-9,15H2,1H3,(H,16,18). The molecular weight excluding hydrogens is 226 g/mol. The van der Waals surface area contributed by atoms with Crippen LogP contribution in [0.4, 0.5) is 11.4 Å². The topological polar surface area (TPSA) is 58.4 Å². The summed E-state index contributed by atoms with van der Waals surface area (Å²) in [6.45, 7) is 1.77. The van der Waals surface area contributed by atoms with Gasteiger partial charge >= 0.3 is 0 Å². The predicted octanol–water partition coefficient (Wildman–Crippen LogP) is 1.75. The smallest absolute Gasteiger partial charge is 0.224 e. The number of carbonyl (C=O) groups is 1. The number of unbranched alkanes of at least 4 members (excludes halogenated alkanes) is 1. The van der Waals surface area contributed by atoms with Crippen molar-refractivity contribution in [3.05, 3.63) is 23.8 Å². The van der Waals surface area contributed by atoms with Crippen molar-refractivity contribution in [3.63, 3.8) is 0 Å². The first-order valence-electron chi connectivity index (χ1n) is 6.54. The Labute approximate surface area is 108 Å². The van der Waals surface area contributed by atoms with Gasteiger partial charge in [-0.25, -0.2) is 0 Å². The summed E-state index contributed by atoms with van der Waals surface area (Å²) in [5, 5.41) is 2.90. The number of anilines is 2. The van der Waals surface area contributed by atoms with Gasteiger partial charge in [0.1, 0.15) is 0 Å². The molecule has 4 heteroatoms. The molecule has 1 aliphatic rings. The van der Waals surface area contributed by atoms with Crippen LogP contribution in [0.2, 0.25) is 0 Å². The molecule has 4 nitrogen and oxygen atoms in total. The minimum atomic E-state index is 0.117. The molecule has 1 amide bonds. The third-order valence-electron chi connectivity index (χ3n) is 3.37. The van der Waals surface area contributed by atoms with Crippen LogP contribution >= 0.6 is 0 Å². The van der Waals surface area contributed by atoms with Crippen molar-refractivity contribution in [3.8, 4) is 0 Å². The van der Waals surface area contributed by atoms with Gasteiger partial charge in [-0.05, 0) is 49.6 Å². The number of benzene rings is 1. The molecule has 3 N–H and O–H groups in total. The van der Waals surface area contributed by atoms with Gasteiger partial charge in [-0.2, -0.15) is 0 Å². The number of hydrogen-bond acceptors (Lipinski definition) is 3. The maximum absolute atomic E-state index is 11.3. The summed E-state index contributed by atoms with van der Waals surface area (Å²) in [5.41, 5.74) is 8.91. The second kappa shape index (κ2) is 5.87. The Balaban J connectivity index is 2.04. The lowest BCUT2D eigenvalue weighted by Gasteiger charge is -2.23. The average Bonchev–Trinajstić information content (AvgIpc) is 2.38. The van der Waals surface area contributed by atoms with Crippen LogP contribution in [0.3, 0.4) is 0 Å². The molecule has 0 unspecified atom stereocenters. The molecule has 1 aromatic rings. The fourth-order valence-corrected chi connectivity index (χ4v) is 2.23. The van der Waals surface area contributed by atoms with E-state index in [1.807, 2.05) is 6.07 Å². The van der Waals surface area contributed by atoms with Gasteiger partial charge in [0, 0.05) is 31.4 Å². The summed E-state index contributed by atoms with van der Waals surface area (Å²) in [6, 6.07) is 6.24. The Kier molecular flexibility index (Phi) is 4.20. The molecular formula is C14H21N3O. The summed E-state index contributed by atoms with van der Waals surface area (Å²) in [5.74, 6) is 0.117. The van der Waals surface area contributed by atoms with Crippen molar-refractivity contribution < 1.29 is 4.79 Å². The van der Waals surface area contributed by atoms with E-state index in [2.05, 4.69) is 29.4 Å². The summed E-state index contributed by atoms with van der Waals surface area (Å²) in [4.78, 5) is 13.5. The normalized spacial score (nSPS) is 14.0. The molecule has 0 fully saturated rings. The lowest BCUT2D eigenvalue weighted by atomic mass is 10.0. The van der Waals surface area contributed by atoms with Gasteiger partial charge in [-0.3, -0.25) is 4.79 Å². The summed E-state index contributed by atoms with van der Waals surface area (Å²) < 4.78 is 0. The Morgan fingerprint density at radius 2 is 2.17 bits per heavy atom. The number of nitrogens with zero attached hydrogens (tertiary/aromatic N) is 1. The summed E-state index contributed by atoms with van der Waals surface area (Å²) in [7, 11) is 2.10. The first kappa shape index (κ1) is 12.9. The van der Waals surface area contributed by atoms with E-state index in [0.717, 1.165) is 38.0 Å². The summed E-state index contributed by atoms with van der Waals surface area (Å²) in [6.07, 6.45) is 3.60. The Morgan fingerprint density at radius 1 is 1.33 bits per heavy atom. The third kappa shape index (κ3) is 3.01. The second-order valence-corrected chi connectivity index (χ2v) is 4.81. The van der Waals surface area contributed by atoms with Gasteiger partial charge in [0.2, 0.25) is 5.91 Å². The highest BCUT2D eigenvalue weighted by molar-refractivity contribution is 5.94. The number of rotatable bonds is 5. The van der Waals surface area contributed by atoms with Gasteiger partial charge in [0.25, 0.3) is 0 Å². The van der Waals surface area contributed by atoms with Crippen LogP contribution in [-0.4, -0.2) is 26.0 Å². The molecule has 1 aliphatic heterocycles. The van der Waals surface area contributed by atoms with Crippen LogP contribution in [0.5, 0.6) is 0 Å². The van der Waals surface area contributed by atoms with Crippen LogP contribution < -0.4 is 16.0 Å². The zero-order valence-corrected chi connectivity index (χ0v) is 10.9. The van der Waals surface area contributed by atoms with Crippen molar-refractivity contribution in [2.24, 2.45) is 5.73 Å². The molecule has 1 aromatic carbocycles. The average molecular weight is 247 g/mol.